The highest BCUT2D eigenvalue weighted by atomic mass is 35.5. The molecule has 0 aromatic heterocycles. The molecule has 0 saturated carbocycles. The van der Waals surface area contributed by atoms with Gasteiger partial charge >= 0.3 is 0 Å². The minimum absolute atomic E-state index is 0.0260. The first-order valence-electron chi connectivity index (χ1n) is 5.86. The lowest BCUT2D eigenvalue weighted by molar-refractivity contribution is 0.103. The molecule has 92 valence electrons. The van der Waals surface area contributed by atoms with Crippen molar-refractivity contribution < 1.29 is 4.79 Å². The van der Waals surface area contributed by atoms with Crippen molar-refractivity contribution >= 4 is 17.4 Å². The fourth-order valence-corrected chi connectivity index (χ4v) is 2.38. The van der Waals surface area contributed by atoms with Crippen LogP contribution < -0.4 is 0 Å². The van der Waals surface area contributed by atoms with Crippen LogP contribution in [0, 0.1) is 20.8 Å². The first kappa shape index (κ1) is 12.8. The summed E-state index contributed by atoms with van der Waals surface area (Å²) in [6, 6.07) is 11.3. The molecule has 0 saturated heterocycles. The molecule has 2 aromatic rings. The van der Waals surface area contributed by atoms with Gasteiger partial charge in [-0.25, -0.2) is 0 Å². The number of rotatable bonds is 2. The van der Waals surface area contributed by atoms with Crippen molar-refractivity contribution in [3.8, 4) is 0 Å². The van der Waals surface area contributed by atoms with Crippen LogP contribution >= 0.6 is 11.6 Å². The normalized spacial score (nSPS) is 10.4. The van der Waals surface area contributed by atoms with Crippen LogP contribution in [-0.4, -0.2) is 5.78 Å². The highest BCUT2D eigenvalue weighted by Gasteiger charge is 2.12. The Labute approximate surface area is 112 Å². The highest BCUT2D eigenvalue weighted by molar-refractivity contribution is 6.31. The number of aryl methyl sites for hydroxylation is 3. The number of ketones is 1. The van der Waals surface area contributed by atoms with Crippen LogP contribution in [0.4, 0.5) is 0 Å². The van der Waals surface area contributed by atoms with Gasteiger partial charge in [-0.2, -0.15) is 0 Å². The molecule has 0 heterocycles. The second-order valence-electron chi connectivity index (χ2n) is 4.66. The molecule has 0 radical (unpaired) electrons. The van der Waals surface area contributed by atoms with Crippen molar-refractivity contribution in [2.45, 2.75) is 20.8 Å². The first-order valence-corrected chi connectivity index (χ1v) is 6.24. The zero-order valence-electron chi connectivity index (χ0n) is 10.8. The molecule has 0 bridgehead atoms. The maximum Gasteiger partial charge on any atom is 0.193 e. The fourth-order valence-electron chi connectivity index (χ4n) is 2.09. The first-order chi connectivity index (χ1) is 8.47. The summed E-state index contributed by atoms with van der Waals surface area (Å²) >= 11 is 5.99. The molecule has 0 aliphatic rings. The zero-order chi connectivity index (χ0) is 13.3. The van der Waals surface area contributed by atoms with E-state index in [2.05, 4.69) is 0 Å². The fraction of sp³-hybridized carbons (Fsp3) is 0.188. The van der Waals surface area contributed by atoms with Gasteiger partial charge in [0.1, 0.15) is 0 Å². The zero-order valence-corrected chi connectivity index (χ0v) is 11.5. The maximum absolute atomic E-state index is 12.4. The Morgan fingerprint density at radius 1 is 0.944 bits per heavy atom. The molecule has 0 atom stereocenters. The maximum atomic E-state index is 12.4. The second-order valence-corrected chi connectivity index (χ2v) is 5.10. The van der Waals surface area contributed by atoms with Crippen LogP contribution in [-0.2, 0) is 0 Å². The van der Waals surface area contributed by atoms with Crippen LogP contribution in [0.15, 0.2) is 36.4 Å². The van der Waals surface area contributed by atoms with Crippen LogP contribution in [0.3, 0.4) is 0 Å². The molecule has 0 spiro atoms. The van der Waals surface area contributed by atoms with E-state index in [1.165, 1.54) is 0 Å². The molecule has 1 nitrogen and oxygen atoms in total. The molecular weight excluding hydrogens is 244 g/mol. The van der Waals surface area contributed by atoms with Crippen LogP contribution in [0.2, 0.25) is 5.02 Å². The number of halogens is 1. The Balaban J connectivity index is 2.47. The van der Waals surface area contributed by atoms with Gasteiger partial charge in [0.15, 0.2) is 5.78 Å². The summed E-state index contributed by atoms with van der Waals surface area (Å²) in [5, 5.41) is 0.600. The molecular formula is C16H15ClO. The Hall–Kier alpha value is -1.60. The predicted molar refractivity (Wildman–Crippen MR) is 75.5 cm³/mol. The van der Waals surface area contributed by atoms with E-state index in [-0.39, 0.29) is 5.78 Å². The number of carbonyl (C=O) groups excluding carboxylic acids is 1. The molecule has 2 aromatic carbocycles. The van der Waals surface area contributed by atoms with Crippen molar-refractivity contribution in [2.75, 3.05) is 0 Å². The number of hydrogen-bond donors (Lipinski definition) is 0. The summed E-state index contributed by atoms with van der Waals surface area (Å²) in [5.41, 5.74) is 4.54. The summed E-state index contributed by atoms with van der Waals surface area (Å²) in [6.07, 6.45) is 0. The molecule has 0 N–H and O–H groups in total. The lowest BCUT2D eigenvalue weighted by Crippen LogP contribution is -2.04. The topological polar surface area (TPSA) is 17.1 Å². The lowest BCUT2D eigenvalue weighted by Gasteiger charge is -2.07. The van der Waals surface area contributed by atoms with Gasteiger partial charge < -0.3 is 0 Å². The molecule has 0 unspecified atom stereocenters. The van der Waals surface area contributed by atoms with E-state index in [0.717, 1.165) is 22.3 Å². The Morgan fingerprint density at radius 3 is 2.28 bits per heavy atom. The Morgan fingerprint density at radius 2 is 1.67 bits per heavy atom. The predicted octanol–water partition coefficient (Wildman–Crippen LogP) is 4.50. The molecule has 0 aliphatic carbocycles. The number of carbonyl (C=O) groups is 1. The van der Waals surface area contributed by atoms with Crippen molar-refractivity contribution in [1.29, 1.82) is 0 Å². The van der Waals surface area contributed by atoms with Crippen LogP contribution in [0.1, 0.15) is 32.6 Å². The Kier molecular flexibility index (Phi) is 3.53. The van der Waals surface area contributed by atoms with Gasteiger partial charge in [-0.1, -0.05) is 35.4 Å². The van der Waals surface area contributed by atoms with Gasteiger partial charge in [0.2, 0.25) is 0 Å². The molecule has 18 heavy (non-hydrogen) atoms. The van der Waals surface area contributed by atoms with E-state index in [0.29, 0.717) is 10.6 Å². The van der Waals surface area contributed by atoms with E-state index >= 15 is 0 Å². The van der Waals surface area contributed by atoms with E-state index < -0.39 is 0 Å². The molecule has 0 aliphatic heterocycles. The second kappa shape index (κ2) is 4.95. The average molecular weight is 259 g/mol. The smallest absolute Gasteiger partial charge is 0.193 e. The Bertz CT molecular complexity index is 594. The summed E-state index contributed by atoms with van der Waals surface area (Å²) < 4.78 is 0. The van der Waals surface area contributed by atoms with Gasteiger partial charge in [0, 0.05) is 16.1 Å². The quantitative estimate of drug-likeness (QED) is 0.725. The van der Waals surface area contributed by atoms with Crippen molar-refractivity contribution in [3.63, 3.8) is 0 Å². The summed E-state index contributed by atoms with van der Waals surface area (Å²) in [4.78, 5) is 12.4. The number of hydrogen-bond acceptors (Lipinski definition) is 1. The van der Waals surface area contributed by atoms with E-state index in [1.807, 2.05) is 51.1 Å². The van der Waals surface area contributed by atoms with Crippen molar-refractivity contribution in [1.82, 2.24) is 0 Å². The van der Waals surface area contributed by atoms with E-state index in [4.69, 9.17) is 11.6 Å². The standard InChI is InChI=1S/C16H15ClO/c1-10-4-5-15(12(3)6-10)16(18)13-7-11(2)8-14(17)9-13/h4-9H,1-3H3. The molecule has 2 rings (SSSR count). The van der Waals surface area contributed by atoms with Crippen LogP contribution in [0.5, 0.6) is 0 Å². The minimum Gasteiger partial charge on any atom is -0.289 e. The van der Waals surface area contributed by atoms with Gasteiger partial charge in [0.05, 0.1) is 0 Å². The molecule has 0 amide bonds. The average Bonchev–Trinajstić information content (AvgIpc) is 2.26. The van der Waals surface area contributed by atoms with E-state index in [1.54, 1.807) is 6.07 Å². The van der Waals surface area contributed by atoms with Crippen LogP contribution in [0.25, 0.3) is 0 Å². The molecule has 0 fully saturated rings. The third kappa shape index (κ3) is 2.62. The van der Waals surface area contributed by atoms with Gasteiger partial charge in [-0.15, -0.1) is 0 Å². The monoisotopic (exact) mass is 258 g/mol. The summed E-state index contributed by atoms with van der Waals surface area (Å²) in [7, 11) is 0. The van der Waals surface area contributed by atoms with Gasteiger partial charge in [0.25, 0.3) is 0 Å². The van der Waals surface area contributed by atoms with Crippen molar-refractivity contribution in [3.05, 3.63) is 69.2 Å². The summed E-state index contributed by atoms with van der Waals surface area (Å²) in [6.45, 7) is 5.91. The lowest BCUT2D eigenvalue weighted by atomic mass is 9.97. The highest BCUT2D eigenvalue weighted by Crippen LogP contribution is 2.20. The van der Waals surface area contributed by atoms with E-state index in [9.17, 15) is 4.79 Å². The SMILES string of the molecule is Cc1cc(Cl)cc(C(=O)c2ccc(C)cc2C)c1. The van der Waals surface area contributed by atoms with Crippen molar-refractivity contribution in [2.24, 2.45) is 0 Å². The van der Waals surface area contributed by atoms with Gasteiger partial charge in [-0.05, 0) is 50.1 Å². The molecule has 2 heteroatoms. The number of benzene rings is 2. The third-order valence-electron chi connectivity index (χ3n) is 2.93. The van der Waals surface area contributed by atoms with Gasteiger partial charge in [-0.3, -0.25) is 4.79 Å². The summed E-state index contributed by atoms with van der Waals surface area (Å²) in [5.74, 6) is 0.0260. The third-order valence-corrected chi connectivity index (χ3v) is 3.15. The largest absolute Gasteiger partial charge is 0.289 e. The minimum atomic E-state index is 0.0260.